The lowest BCUT2D eigenvalue weighted by atomic mass is 10.0. The fourth-order valence-electron chi connectivity index (χ4n) is 2.20. The summed E-state index contributed by atoms with van der Waals surface area (Å²) >= 11 is 0. The molecule has 21 heavy (non-hydrogen) atoms. The summed E-state index contributed by atoms with van der Waals surface area (Å²) in [6.07, 6.45) is 0. The van der Waals surface area contributed by atoms with Crippen LogP contribution in [0.3, 0.4) is 0 Å². The van der Waals surface area contributed by atoms with Crippen molar-refractivity contribution in [2.45, 2.75) is 20.8 Å². The van der Waals surface area contributed by atoms with Crippen molar-refractivity contribution in [2.24, 2.45) is 0 Å². The highest BCUT2D eigenvalue weighted by Gasteiger charge is 2.15. The van der Waals surface area contributed by atoms with Gasteiger partial charge in [-0.3, -0.25) is 4.98 Å². The number of ether oxygens (including phenoxy) is 2. The van der Waals surface area contributed by atoms with Gasteiger partial charge in [0.25, 0.3) is 0 Å². The van der Waals surface area contributed by atoms with Crippen molar-refractivity contribution in [3.8, 4) is 16.9 Å². The van der Waals surface area contributed by atoms with Crippen LogP contribution in [0.2, 0.25) is 0 Å². The van der Waals surface area contributed by atoms with Gasteiger partial charge in [-0.25, -0.2) is 4.79 Å². The molecule has 2 rings (SSSR count). The van der Waals surface area contributed by atoms with Gasteiger partial charge < -0.3 is 9.47 Å². The van der Waals surface area contributed by atoms with Crippen molar-refractivity contribution in [3.05, 3.63) is 47.3 Å². The molecule has 0 saturated carbocycles. The number of rotatable bonds is 4. The zero-order valence-electron chi connectivity index (χ0n) is 12.8. The smallest absolute Gasteiger partial charge is 0.339 e. The molecule has 2 aromatic rings. The minimum atomic E-state index is -0.336. The Bertz CT molecular complexity index is 648. The molecule has 4 nitrogen and oxygen atoms in total. The number of nitrogens with zero attached hydrogens (tertiary/aromatic N) is 1. The second-order valence-electron chi connectivity index (χ2n) is 4.70. The number of aryl methyl sites for hydroxylation is 2. The summed E-state index contributed by atoms with van der Waals surface area (Å²) < 4.78 is 10.2. The highest BCUT2D eigenvalue weighted by molar-refractivity contribution is 5.92. The second-order valence-corrected chi connectivity index (χ2v) is 4.70. The molecule has 0 spiro atoms. The summed E-state index contributed by atoms with van der Waals surface area (Å²) in [5.74, 6) is 0.458. The summed E-state index contributed by atoms with van der Waals surface area (Å²) in [4.78, 5) is 16.4. The summed E-state index contributed by atoms with van der Waals surface area (Å²) in [6.45, 7) is 5.89. The molecule has 0 atom stereocenters. The van der Waals surface area contributed by atoms with Crippen LogP contribution in [0.25, 0.3) is 11.1 Å². The quantitative estimate of drug-likeness (QED) is 0.806. The Morgan fingerprint density at radius 1 is 1.14 bits per heavy atom. The van der Waals surface area contributed by atoms with Crippen LogP contribution in [0.5, 0.6) is 5.75 Å². The maximum atomic E-state index is 12.0. The minimum Gasteiger partial charge on any atom is -0.497 e. The maximum Gasteiger partial charge on any atom is 0.339 e. The number of benzene rings is 1. The standard InChI is InChI=1S/C17H19NO3/c1-5-21-17(19)16-10-15(11(2)18-12(16)3)13-6-8-14(20-4)9-7-13/h6-10H,5H2,1-4H3. The third-order valence-corrected chi connectivity index (χ3v) is 3.30. The Morgan fingerprint density at radius 3 is 2.38 bits per heavy atom. The van der Waals surface area contributed by atoms with Gasteiger partial charge in [-0.2, -0.15) is 0 Å². The van der Waals surface area contributed by atoms with Gasteiger partial charge in [-0.05, 0) is 44.5 Å². The lowest BCUT2D eigenvalue weighted by Gasteiger charge is -2.11. The molecule has 0 aliphatic heterocycles. The van der Waals surface area contributed by atoms with E-state index in [4.69, 9.17) is 9.47 Å². The molecular weight excluding hydrogens is 266 g/mol. The largest absolute Gasteiger partial charge is 0.497 e. The molecule has 0 saturated heterocycles. The van der Waals surface area contributed by atoms with Crippen molar-refractivity contribution < 1.29 is 14.3 Å². The van der Waals surface area contributed by atoms with E-state index >= 15 is 0 Å². The maximum absolute atomic E-state index is 12.0. The molecule has 0 N–H and O–H groups in total. The normalized spacial score (nSPS) is 10.3. The van der Waals surface area contributed by atoms with Gasteiger partial charge in [0, 0.05) is 11.3 Å². The Morgan fingerprint density at radius 2 is 1.81 bits per heavy atom. The lowest BCUT2D eigenvalue weighted by molar-refractivity contribution is 0.0525. The monoisotopic (exact) mass is 285 g/mol. The van der Waals surface area contributed by atoms with E-state index in [1.165, 1.54) is 0 Å². The molecule has 0 fully saturated rings. The number of hydrogen-bond acceptors (Lipinski definition) is 4. The minimum absolute atomic E-state index is 0.336. The SMILES string of the molecule is CCOC(=O)c1cc(-c2ccc(OC)cc2)c(C)nc1C. The molecule has 0 amide bonds. The third kappa shape index (κ3) is 3.21. The van der Waals surface area contributed by atoms with Crippen molar-refractivity contribution in [1.82, 2.24) is 4.98 Å². The van der Waals surface area contributed by atoms with E-state index in [-0.39, 0.29) is 5.97 Å². The molecule has 110 valence electrons. The van der Waals surface area contributed by atoms with Gasteiger partial charge >= 0.3 is 5.97 Å². The van der Waals surface area contributed by atoms with Gasteiger partial charge in [0.1, 0.15) is 5.75 Å². The molecule has 1 aromatic heterocycles. The average molecular weight is 285 g/mol. The Hall–Kier alpha value is -2.36. The van der Waals surface area contributed by atoms with Crippen molar-refractivity contribution in [1.29, 1.82) is 0 Å². The van der Waals surface area contributed by atoms with E-state index in [1.807, 2.05) is 44.2 Å². The molecule has 0 aliphatic carbocycles. The van der Waals surface area contributed by atoms with E-state index < -0.39 is 0 Å². The molecule has 1 heterocycles. The number of carbonyl (C=O) groups excluding carboxylic acids is 1. The average Bonchev–Trinajstić information content (AvgIpc) is 2.48. The topological polar surface area (TPSA) is 48.4 Å². The number of methoxy groups -OCH3 is 1. The molecular formula is C17H19NO3. The van der Waals surface area contributed by atoms with Crippen LogP contribution in [-0.2, 0) is 4.74 Å². The van der Waals surface area contributed by atoms with Crippen LogP contribution < -0.4 is 4.74 Å². The first kappa shape index (κ1) is 15.0. The zero-order chi connectivity index (χ0) is 15.4. The summed E-state index contributed by atoms with van der Waals surface area (Å²) in [5.41, 5.74) is 3.99. The fraction of sp³-hybridized carbons (Fsp3) is 0.294. The predicted octanol–water partition coefficient (Wildman–Crippen LogP) is 3.55. The second kappa shape index (κ2) is 6.39. The van der Waals surface area contributed by atoms with Gasteiger partial charge in [0.2, 0.25) is 0 Å². The Kier molecular flexibility index (Phi) is 4.58. The highest BCUT2D eigenvalue weighted by atomic mass is 16.5. The van der Waals surface area contributed by atoms with E-state index in [0.717, 1.165) is 22.6 Å². The van der Waals surface area contributed by atoms with E-state index in [9.17, 15) is 4.79 Å². The van der Waals surface area contributed by atoms with Gasteiger partial charge in [0.15, 0.2) is 0 Å². The molecule has 0 unspecified atom stereocenters. The summed E-state index contributed by atoms with van der Waals surface area (Å²) in [5, 5.41) is 0. The number of hydrogen-bond donors (Lipinski definition) is 0. The van der Waals surface area contributed by atoms with Crippen LogP contribution in [0.15, 0.2) is 30.3 Å². The van der Waals surface area contributed by atoms with Crippen LogP contribution in [0.1, 0.15) is 28.7 Å². The molecule has 0 aliphatic rings. The number of carbonyl (C=O) groups is 1. The van der Waals surface area contributed by atoms with E-state index in [2.05, 4.69) is 4.98 Å². The van der Waals surface area contributed by atoms with E-state index in [1.54, 1.807) is 14.0 Å². The van der Waals surface area contributed by atoms with Gasteiger partial charge in [0.05, 0.1) is 25.0 Å². The Balaban J connectivity index is 2.47. The lowest BCUT2D eigenvalue weighted by Crippen LogP contribution is -2.09. The number of pyridine rings is 1. The van der Waals surface area contributed by atoms with Crippen molar-refractivity contribution >= 4 is 5.97 Å². The highest BCUT2D eigenvalue weighted by Crippen LogP contribution is 2.26. The predicted molar refractivity (Wildman–Crippen MR) is 81.7 cm³/mol. The molecule has 0 bridgehead atoms. The first-order chi connectivity index (χ1) is 10.1. The first-order valence-corrected chi connectivity index (χ1v) is 6.86. The van der Waals surface area contributed by atoms with E-state index in [0.29, 0.717) is 17.9 Å². The van der Waals surface area contributed by atoms with Crippen LogP contribution in [-0.4, -0.2) is 24.7 Å². The molecule has 4 heteroatoms. The molecule has 1 aromatic carbocycles. The fourth-order valence-corrected chi connectivity index (χ4v) is 2.20. The first-order valence-electron chi connectivity index (χ1n) is 6.86. The zero-order valence-corrected chi connectivity index (χ0v) is 12.8. The van der Waals surface area contributed by atoms with Crippen LogP contribution in [0.4, 0.5) is 0 Å². The Labute approximate surface area is 124 Å². The number of aromatic nitrogens is 1. The third-order valence-electron chi connectivity index (χ3n) is 3.30. The van der Waals surface area contributed by atoms with Crippen molar-refractivity contribution in [3.63, 3.8) is 0 Å². The van der Waals surface area contributed by atoms with Crippen LogP contribution >= 0.6 is 0 Å². The number of esters is 1. The van der Waals surface area contributed by atoms with Crippen LogP contribution in [0, 0.1) is 13.8 Å². The summed E-state index contributed by atoms with van der Waals surface area (Å²) in [7, 11) is 1.63. The van der Waals surface area contributed by atoms with Gasteiger partial charge in [-0.1, -0.05) is 12.1 Å². The van der Waals surface area contributed by atoms with Crippen molar-refractivity contribution in [2.75, 3.05) is 13.7 Å². The summed E-state index contributed by atoms with van der Waals surface area (Å²) in [6, 6.07) is 9.52. The van der Waals surface area contributed by atoms with Gasteiger partial charge in [-0.15, -0.1) is 0 Å². The molecule has 0 radical (unpaired) electrons.